The van der Waals surface area contributed by atoms with E-state index in [9.17, 15) is 14.4 Å². The molecule has 0 aromatic heterocycles. The van der Waals surface area contributed by atoms with Crippen LogP contribution in [0.25, 0.3) is 0 Å². The summed E-state index contributed by atoms with van der Waals surface area (Å²) in [6.07, 6.45) is -1.27. The Balaban J connectivity index is 1.83. The average molecular weight is 323 g/mol. The van der Waals surface area contributed by atoms with Crippen LogP contribution in [0.5, 0.6) is 0 Å². The molecule has 1 fully saturated rings. The van der Waals surface area contributed by atoms with Crippen molar-refractivity contribution in [2.24, 2.45) is 0 Å². The summed E-state index contributed by atoms with van der Waals surface area (Å²) in [5.74, 6) is -2.08. The summed E-state index contributed by atoms with van der Waals surface area (Å²) in [6.45, 7) is -0.0748. The molecule has 0 aliphatic carbocycles. The molecule has 1 aromatic carbocycles. The monoisotopic (exact) mass is 323 g/mol. The van der Waals surface area contributed by atoms with Gasteiger partial charge in [-0.25, -0.2) is 14.4 Å². The molecule has 1 amide bonds. The standard InChI is InChI=1S/C15H17NO7/c17-13(18)11-6-7-12(16(11)15(20)21)14(19)23-9-22-8-10-4-2-1-3-5-10/h1-5,11-12H,6-9H2,(H,17,18)(H,20,21). The van der Waals surface area contributed by atoms with Crippen LogP contribution in [0.1, 0.15) is 18.4 Å². The summed E-state index contributed by atoms with van der Waals surface area (Å²) in [7, 11) is 0. The van der Waals surface area contributed by atoms with Gasteiger partial charge in [0.2, 0.25) is 0 Å². The topological polar surface area (TPSA) is 113 Å². The average Bonchev–Trinajstić information content (AvgIpc) is 2.98. The molecule has 1 saturated heterocycles. The van der Waals surface area contributed by atoms with Crippen molar-refractivity contribution >= 4 is 18.0 Å². The van der Waals surface area contributed by atoms with E-state index in [0.717, 1.165) is 5.56 Å². The highest BCUT2D eigenvalue weighted by molar-refractivity contribution is 5.86. The smallest absolute Gasteiger partial charge is 0.408 e. The number of nitrogens with zero attached hydrogens (tertiary/aromatic N) is 1. The molecule has 0 bridgehead atoms. The highest BCUT2D eigenvalue weighted by Gasteiger charge is 2.45. The molecule has 2 N–H and O–H groups in total. The van der Waals surface area contributed by atoms with Gasteiger partial charge in [-0.2, -0.15) is 0 Å². The second-order valence-corrected chi connectivity index (χ2v) is 5.05. The molecule has 0 saturated carbocycles. The minimum Gasteiger partial charge on any atom is -0.480 e. The molecule has 2 rings (SSSR count). The van der Waals surface area contributed by atoms with Crippen molar-refractivity contribution in [1.29, 1.82) is 0 Å². The third-order valence-corrected chi connectivity index (χ3v) is 3.56. The molecular formula is C15H17NO7. The van der Waals surface area contributed by atoms with Crippen LogP contribution >= 0.6 is 0 Å². The Labute approximate surface area is 132 Å². The molecular weight excluding hydrogens is 306 g/mol. The third-order valence-electron chi connectivity index (χ3n) is 3.56. The van der Waals surface area contributed by atoms with Crippen molar-refractivity contribution in [3.63, 3.8) is 0 Å². The Bertz CT molecular complexity index is 574. The molecule has 8 heteroatoms. The fourth-order valence-electron chi connectivity index (χ4n) is 2.48. The molecule has 1 aliphatic rings. The third kappa shape index (κ3) is 4.19. The zero-order chi connectivity index (χ0) is 16.8. The molecule has 23 heavy (non-hydrogen) atoms. The number of esters is 1. The molecule has 0 spiro atoms. The molecule has 1 aliphatic heterocycles. The van der Waals surface area contributed by atoms with Crippen LogP contribution in [-0.4, -0.2) is 52.0 Å². The lowest BCUT2D eigenvalue weighted by molar-refractivity contribution is -0.162. The highest BCUT2D eigenvalue weighted by Crippen LogP contribution is 2.25. The number of hydrogen-bond donors (Lipinski definition) is 2. The van der Waals surface area contributed by atoms with Crippen molar-refractivity contribution in [2.75, 3.05) is 6.79 Å². The Kier molecular flexibility index (Phi) is 5.53. The summed E-state index contributed by atoms with van der Waals surface area (Å²) < 4.78 is 10.1. The van der Waals surface area contributed by atoms with E-state index in [4.69, 9.17) is 19.7 Å². The first kappa shape index (κ1) is 16.8. The van der Waals surface area contributed by atoms with E-state index in [-0.39, 0.29) is 26.2 Å². The number of benzene rings is 1. The summed E-state index contributed by atoms with van der Waals surface area (Å²) in [4.78, 5) is 34.8. The van der Waals surface area contributed by atoms with E-state index < -0.39 is 30.1 Å². The van der Waals surface area contributed by atoms with Gasteiger partial charge in [0.25, 0.3) is 0 Å². The van der Waals surface area contributed by atoms with Crippen LogP contribution in [0, 0.1) is 0 Å². The quantitative estimate of drug-likeness (QED) is 0.461. The predicted octanol–water partition coefficient (Wildman–Crippen LogP) is 1.30. The lowest BCUT2D eigenvalue weighted by atomic mass is 10.2. The summed E-state index contributed by atoms with van der Waals surface area (Å²) in [6, 6.07) is 6.91. The van der Waals surface area contributed by atoms with Crippen LogP contribution in [0.2, 0.25) is 0 Å². The van der Waals surface area contributed by atoms with Gasteiger partial charge in [-0.1, -0.05) is 30.3 Å². The summed E-state index contributed by atoms with van der Waals surface area (Å²) in [5.41, 5.74) is 0.905. The van der Waals surface area contributed by atoms with Gasteiger partial charge in [0, 0.05) is 0 Å². The molecule has 2 unspecified atom stereocenters. The van der Waals surface area contributed by atoms with Gasteiger partial charge in [0.05, 0.1) is 6.61 Å². The first-order chi connectivity index (χ1) is 11.0. The number of aliphatic carboxylic acids is 1. The Morgan fingerprint density at radius 2 is 1.74 bits per heavy atom. The SMILES string of the molecule is O=C(O)C1CCC(C(=O)OCOCc2ccccc2)N1C(=O)O. The summed E-state index contributed by atoms with van der Waals surface area (Å²) >= 11 is 0. The molecule has 8 nitrogen and oxygen atoms in total. The van der Waals surface area contributed by atoms with Gasteiger partial charge < -0.3 is 19.7 Å². The Hall–Kier alpha value is -2.61. The van der Waals surface area contributed by atoms with Gasteiger partial charge >= 0.3 is 18.0 Å². The zero-order valence-corrected chi connectivity index (χ0v) is 12.3. The number of rotatable bonds is 6. The second kappa shape index (κ2) is 7.59. The van der Waals surface area contributed by atoms with Gasteiger partial charge in [-0.15, -0.1) is 0 Å². The van der Waals surface area contributed by atoms with Gasteiger partial charge in [-0.05, 0) is 18.4 Å². The number of ether oxygens (including phenoxy) is 2. The van der Waals surface area contributed by atoms with E-state index in [0.29, 0.717) is 4.90 Å². The molecule has 1 aromatic rings. The largest absolute Gasteiger partial charge is 0.480 e. The Morgan fingerprint density at radius 3 is 2.35 bits per heavy atom. The van der Waals surface area contributed by atoms with Gasteiger partial charge in [0.15, 0.2) is 6.79 Å². The van der Waals surface area contributed by atoms with Crippen LogP contribution in [0.4, 0.5) is 4.79 Å². The number of carbonyl (C=O) groups excluding carboxylic acids is 1. The van der Waals surface area contributed by atoms with E-state index in [1.165, 1.54) is 0 Å². The number of carbonyl (C=O) groups is 3. The van der Waals surface area contributed by atoms with Gasteiger partial charge in [-0.3, -0.25) is 4.90 Å². The lowest BCUT2D eigenvalue weighted by Crippen LogP contribution is -2.47. The second-order valence-electron chi connectivity index (χ2n) is 5.05. The van der Waals surface area contributed by atoms with Crippen LogP contribution in [0.3, 0.4) is 0 Å². The molecule has 2 atom stereocenters. The fourth-order valence-corrected chi connectivity index (χ4v) is 2.48. The predicted molar refractivity (Wildman–Crippen MR) is 76.5 cm³/mol. The van der Waals surface area contributed by atoms with Crippen molar-refractivity contribution in [1.82, 2.24) is 4.90 Å². The minimum absolute atomic E-state index is 0.0757. The zero-order valence-electron chi connectivity index (χ0n) is 12.3. The maximum absolute atomic E-state index is 11.9. The normalized spacial score (nSPS) is 20.3. The Morgan fingerprint density at radius 1 is 1.09 bits per heavy atom. The molecule has 1 heterocycles. The summed E-state index contributed by atoms with van der Waals surface area (Å²) in [5, 5.41) is 18.1. The van der Waals surface area contributed by atoms with Crippen molar-refractivity contribution < 1.29 is 34.1 Å². The lowest BCUT2D eigenvalue weighted by Gasteiger charge is -2.23. The molecule has 124 valence electrons. The number of amides is 1. The van der Waals surface area contributed by atoms with E-state index in [1.807, 2.05) is 30.3 Å². The molecule has 0 radical (unpaired) electrons. The first-order valence-corrected chi connectivity index (χ1v) is 7.03. The van der Waals surface area contributed by atoms with E-state index >= 15 is 0 Å². The van der Waals surface area contributed by atoms with Crippen LogP contribution in [-0.2, 0) is 25.7 Å². The van der Waals surface area contributed by atoms with E-state index in [2.05, 4.69) is 0 Å². The van der Waals surface area contributed by atoms with Crippen LogP contribution < -0.4 is 0 Å². The number of hydrogen-bond acceptors (Lipinski definition) is 5. The maximum atomic E-state index is 11.9. The fraction of sp³-hybridized carbons (Fsp3) is 0.400. The van der Waals surface area contributed by atoms with Gasteiger partial charge in [0.1, 0.15) is 12.1 Å². The maximum Gasteiger partial charge on any atom is 0.408 e. The number of carboxylic acids is 1. The van der Waals surface area contributed by atoms with Crippen molar-refractivity contribution in [3.8, 4) is 0 Å². The van der Waals surface area contributed by atoms with Crippen molar-refractivity contribution in [3.05, 3.63) is 35.9 Å². The van der Waals surface area contributed by atoms with Crippen LogP contribution in [0.15, 0.2) is 30.3 Å². The highest BCUT2D eigenvalue weighted by atomic mass is 16.7. The first-order valence-electron chi connectivity index (χ1n) is 7.03. The van der Waals surface area contributed by atoms with E-state index in [1.54, 1.807) is 0 Å². The minimum atomic E-state index is -1.46. The number of carboxylic acid groups (broad SMARTS) is 2. The van der Waals surface area contributed by atoms with Crippen molar-refractivity contribution in [2.45, 2.75) is 31.5 Å². The number of likely N-dealkylation sites (tertiary alicyclic amines) is 1.